The summed E-state index contributed by atoms with van der Waals surface area (Å²) in [6.45, 7) is 3.10. The minimum Gasteiger partial charge on any atom is -0.493 e. The summed E-state index contributed by atoms with van der Waals surface area (Å²) in [4.78, 5) is 15.7. The zero-order valence-corrected chi connectivity index (χ0v) is 19.3. The lowest BCUT2D eigenvalue weighted by molar-refractivity contribution is 0.0503. The predicted molar refractivity (Wildman–Crippen MR) is 136 cm³/mol. The molecule has 1 atom stereocenters. The summed E-state index contributed by atoms with van der Waals surface area (Å²) in [5.74, 6) is 0.776. The van der Waals surface area contributed by atoms with Gasteiger partial charge in [0.2, 0.25) is 0 Å². The summed E-state index contributed by atoms with van der Waals surface area (Å²) >= 11 is 0. The minimum atomic E-state index is -0.787. The Bertz CT molecular complexity index is 1270. The average molecular weight is 449 g/mol. The standard InChI is InChI=1S/C30H28N2O2/c1-30(26-17-9-11-19-28(26)34-21-20-23-12-4-2-5-13-23)31-27-18-10-8-16-25(27)29(33)32(30)22-24-14-6-3-7-15-24/h2-19,31H,20-22H2,1H3. The van der Waals surface area contributed by atoms with Gasteiger partial charge in [-0.3, -0.25) is 4.79 Å². The van der Waals surface area contributed by atoms with Gasteiger partial charge in [-0.2, -0.15) is 0 Å². The van der Waals surface area contributed by atoms with Crippen molar-refractivity contribution in [2.24, 2.45) is 0 Å². The number of amides is 1. The molecule has 4 aromatic rings. The summed E-state index contributed by atoms with van der Waals surface area (Å²) in [6, 6.07) is 36.1. The first kappa shape index (κ1) is 21.8. The predicted octanol–water partition coefficient (Wildman–Crippen LogP) is 6.25. The highest BCUT2D eigenvalue weighted by Crippen LogP contribution is 2.42. The molecule has 0 aromatic heterocycles. The van der Waals surface area contributed by atoms with Crippen molar-refractivity contribution in [3.8, 4) is 5.75 Å². The van der Waals surface area contributed by atoms with Crippen LogP contribution < -0.4 is 10.1 Å². The van der Waals surface area contributed by atoms with Crippen LogP contribution in [0.1, 0.15) is 34.0 Å². The molecular formula is C30H28N2O2. The van der Waals surface area contributed by atoms with E-state index in [1.807, 2.05) is 89.8 Å². The SMILES string of the molecule is CC1(c2ccccc2OCCc2ccccc2)Nc2ccccc2C(=O)N1Cc1ccccc1. The molecule has 5 rings (SSSR count). The lowest BCUT2D eigenvalue weighted by Gasteiger charge is -2.47. The van der Waals surface area contributed by atoms with E-state index in [0.717, 1.165) is 29.0 Å². The Balaban J connectivity index is 1.50. The normalized spacial score (nSPS) is 17.1. The van der Waals surface area contributed by atoms with Crippen molar-refractivity contribution < 1.29 is 9.53 Å². The molecule has 0 saturated heterocycles. The zero-order valence-electron chi connectivity index (χ0n) is 19.3. The van der Waals surface area contributed by atoms with Gasteiger partial charge in [-0.1, -0.05) is 91.0 Å². The Morgan fingerprint density at radius 3 is 2.15 bits per heavy atom. The van der Waals surface area contributed by atoms with Gasteiger partial charge in [-0.15, -0.1) is 0 Å². The number of rotatable bonds is 7. The van der Waals surface area contributed by atoms with E-state index >= 15 is 0 Å². The molecule has 0 saturated carbocycles. The van der Waals surface area contributed by atoms with Crippen LogP contribution in [0.2, 0.25) is 0 Å². The second kappa shape index (κ2) is 9.44. The molecule has 170 valence electrons. The smallest absolute Gasteiger partial charge is 0.258 e. The van der Waals surface area contributed by atoms with Crippen LogP contribution in [0, 0.1) is 0 Å². The van der Waals surface area contributed by atoms with E-state index in [2.05, 4.69) is 36.5 Å². The van der Waals surface area contributed by atoms with E-state index in [-0.39, 0.29) is 5.91 Å². The topological polar surface area (TPSA) is 41.6 Å². The second-order valence-electron chi connectivity index (χ2n) is 8.70. The number of benzene rings is 4. The Labute approximate surface area is 200 Å². The van der Waals surface area contributed by atoms with E-state index in [1.54, 1.807) is 0 Å². The van der Waals surface area contributed by atoms with Crippen LogP contribution in [0.25, 0.3) is 0 Å². The first-order valence-electron chi connectivity index (χ1n) is 11.6. The largest absolute Gasteiger partial charge is 0.493 e. The molecule has 4 aromatic carbocycles. The van der Waals surface area contributed by atoms with Gasteiger partial charge in [0.1, 0.15) is 11.4 Å². The van der Waals surface area contributed by atoms with Crippen LogP contribution in [-0.4, -0.2) is 17.4 Å². The van der Waals surface area contributed by atoms with Gasteiger partial charge in [0.05, 0.1) is 12.2 Å². The molecule has 0 aliphatic carbocycles. The van der Waals surface area contributed by atoms with E-state index in [1.165, 1.54) is 5.56 Å². The van der Waals surface area contributed by atoms with Crippen molar-refractivity contribution in [1.82, 2.24) is 4.90 Å². The number of anilines is 1. The van der Waals surface area contributed by atoms with E-state index in [4.69, 9.17) is 4.74 Å². The molecule has 34 heavy (non-hydrogen) atoms. The average Bonchev–Trinajstić information content (AvgIpc) is 2.88. The maximum Gasteiger partial charge on any atom is 0.258 e. The lowest BCUT2D eigenvalue weighted by Crippen LogP contribution is -2.55. The van der Waals surface area contributed by atoms with Crippen LogP contribution in [0.4, 0.5) is 5.69 Å². The number of nitrogens with one attached hydrogen (secondary N) is 1. The van der Waals surface area contributed by atoms with Crippen molar-refractivity contribution in [3.63, 3.8) is 0 Å². The Kier molecular flexibility index (Phi) is 6.05. The highest BCUT2D eigenvalue weighted by Gasteiger charge is 2.44. The molecule has 0 spiro atoms. The van der Waals surface area contributed by atoms with Gasteiger partial charge in [-0.25, -0.2) is 0 Å². The monoisotopic (exact) mass is 448 g/mol. The third-order valence-electron chi connectivity index (χ3n) is 6.41. The van der Waals surface area contributed by atoms with E-state index in [0.29, 0.717) is 18.7 Å². The molecule has 0 bridgehead atoms. The number of carbonyl (C=O) groups is 1. The minimum absolute atomic E-state index is 0.000193. The van der Waals surface area contributed by atoms with Gasteiger partial charge in [0, 0.05) is 24.2 Å². The van der Waals surface area contributed by atoms with Crippen LogP contribution in [-0.2, 0) is 18.6 Å². The second-order valence-corrected chi connectivity index (χ2v) is 8.70. The maximum absolute atomic E-state index is 13.8. The van der Waals surface area contributed by atoms with Crippen LogP contribution >= 0.6 is 0 Å². The van der Waals surface area contributed by atoms with Crippen molar-refractivity contribution >= 4 is 11.6 Å². The van der Waals surface area contributed by atoms with Crippen molar-refractivity contribution in [2.75, 3.05) is 11.9 Å². The van der Waals surface area contributed by atoms with Crippen LogP contribution in [0.15, 0.2) is 109 Å². The Morgan fingerprint density at radius 2 is 1.38 bits per heavy atom. The summed E-state index contributed by atoms with van der Waals surface area (Å²) in [7, 11) is 0. The lowest BCUT2D eigenvalue weighted by atomic mass is 9.92. The molecule has 1 aliphatic heterocycles. The van der Waals surface area contributed by atoms with Gasteiger partial charge >= 0.3 is 0 Å². The third-order valence-corrected chi connectivity index (χ3v) is 6.41. The quantitative estimate of drug-likeness (QED) is 0.363. The number of ether oxygens (including phenoxy) is 1. The summed E-state index contributed by atoms with van der Waals surface area (Å²) < 4.78 is 6.30. The molecule has 0 radical (unpaired) electrons. The fourth-order valence-corrected chi connectivity index (χ4v) is 4.58. The molecule has 4 nitrogen and oxygen atoms in total. The van der Waals surface area contributed by atoms with Crippen molar-refractivity contribution in [1.29, 1.82) is 0 Å². The van der Waals surface area contributed by atoms with Crippen LogP contribution in [0.5, 0.6) is 5.75 Å². The molecule has 4 heteroatoms. The van der Waals surface area contributed by atoms with E-state index in [9.17, 15) is 4.79 Å². The molecule has 1 aliphatic rings. The summed E-state index contributed by atoms with van der Waals surface area (Å²) in [5, 5.41) is 3.66. The van der Waals surface area contributed by atoms with Crippen molar-refractivity contribution in [3.05, 3.63) is 131 Å². The van der Waals surface area contributed by atoms with Crippen molar-refractivity contribution in [2.45, 2.75) is 25.6 Å². The van der Waals surface area contributed by atoms with Gasteiger partial charge in [-0.05, 0) is 36.2 Å². The Hall–Kier alpha value is -4.05. The van der Waals surface area contributed by atoms with Gasteiger partial charge in [0.15, 0.2) is 0 Å². The third kappa shape index (κ3) is 4.27. The first-order valence-corrected chi connectivity index (χ1v) is 11.6. The molecule has 1 N–H and O–H groups in total. The highest BCUT2D eigenvalue weighted by molar-refractivity contribution is 6.02. The first-order chi connectivity index (χ1) is 16.6. The van der Waals surface area contributed by atoms with Gasteiger partial charge < -0.3 is 15.0 Å². The fourth-order valence-electron chi connectivity index (χ4n) is 4.58. The molecule has 1 unspecified atom stereocenters. The molecular weight excluding hydrogens is 420 g/mol. The number of hydrogen-bond acceptors (Lipinski definition) is 3. The highest BCUT2D eigenvalue weighted by atomic mass is 16.5. The number of hydrogen-bond donors (Lipinski definition) is 1. The summed E-state index contributed by atoms with van der Waals surface area (Å²) in [6.07, 6.45) is 0.814. The van der Waals surface area contributed by atoms with Crippen LogP contribution in [0.3, 0.4) is 0 Å². The number of para-hydroxylation sites is 2. The maximum atomic E-state index is 13.8. The van der Waals surface area contributed by atoms with Gasteiger partial charge in [0.25, 0.3) is 5.91 Å². The van der Waals surface area contributed by atoms with E-state index < -0.39 is 5.66 Å². The number of nitrogens with zero attached hydrogens (tertiary/aromatic N) is 1. The molecule has 1 amide bonds. The Morgan fingerprint density at radius 1 is 0.765 bits per heavy atom. The number of fused-ring (bicyclic) bond motifs is 1. The summed E-state index contributed by atoms with van der Waals surface area (Å²) in [5.41, 5.74) is 3.96. The molecule has 0 fully saturated rings. The molecule has 1 heterocycles. The number of carbonyl (C=O) groups excluding carboxylic acids is 1. The fraction of sp³-hybridized carbons (Fsp3) is 0.167. The zero-order chi connectivity index (χ0) is 23.4.